The van der Waals surface area contributed by atoms with Crippen molar-refractivity contribution < 1.29 is 29.0 Å². The third-order valence-corrected chi connectivity index (χ3v) is 11.5. The summed E-state index contributed by atoms with van der Waals surface area (Å²) in [5.41, 5.74) is 1.17. The molecule has 5 rings (SSSR count). The molecule has 42 heavy (non-hydrogen) atoms. The zero-order chi connectivity index (χ0) is 30.2. The van der Waals surface area contributed by atoms with Crippen LogP contribution in [0, 0.1) is 5.92 Å². The molecule has 3 heterocycles. The number of aliphatic hydroxyl groups is 1. The highest BCUT2D eigenvalue weighted by Gasteiger charge is 2.66. The average Bonchev–Trinajstić information content (AvgIpc) is 3.58. The van der Waals surface area contributed by atoms with Crippen LogP contribution >= 0.6 is 0 Å². The first-order valence-electron chi connectivity index (χ1n) is 14.7. The molecule has 4 atom stereocenters. The second-order valence-corrected chi connectivity index (χ2v) is 16.1. The molecule has 2 aromatic carbocycles. The number of carbonyl (C=O) groups is 3. The van der Waals surface area contributed by atoms with Gasteiger partial charge in [-0.25, -0.2) is 0 Å². The van der Waals surface area contributed by atoms with E-state index in [-0.39, 0.29) is 43.8 Å². The highest BCUT2D eigenvalue weighted by molar-refractivity contribution is 6.71. The minimum atomic E-state index is -2.98. The van der Waals surface area contributed by atoms with Crippen molar-refractivity contribution in [1.29, 1.82) is 0 Å². The zero-order valence-corrected chi connectivity index (χ0v) is 25.7. The van der Waals surface area contributed by atoms with E-state index in [1.165, 1.54) is 0 Å². The highest BCUT2D eigenvalue weighted by Crippen LogP contribution is 2.60. The molecule has 2 aromatic rings. The molecule has 9 nitrogen and oxygen atoms in total. The summed E-state index contributed by atoms with van der Waals surface area (Å²) < 4.78 is 6.81. The molecule has 2 N–H and O–H groups in total. The van der Waals surface area contributed by atoms with Gasteiger partial charge in [0.25, 0.3) is 5.91 Å². The Morgan fingerprint density at radius 3 is 2.57 bits per heavy atom. The van der Waals surface area contributed by atoms with Crippen LogP contribution in [0.2, 0.25) is 18.6 Å². The standard InChI is InChI=1S/C32H41N3O6Si/c1-5-15-35-26-14-13-24(34-16-9-12-28(34)37)19-25(26)32(31(35)39)22(2)30(42(3,4)40)27(41-32)20-29(38)33(17-18-36)21-23-10-7-6-8-11-23/h5-8,10-11,13-14,19,22,27,30,36,40H,1,9,12,15-18,20-21H2,2-4H3/t22-,27+,30-,32+/m1/s1. The zero-order valence-electron chi connectivity index (χ0n) is 24.7. The number of hydrogen-bond donors (Lipinski definition) is 2. The molecule has 3 aliphatic heterocycles. The Bertz CT molecular complexity index is 1360. The lowest BCUT2D eigenvalue weighted by atomic mass is 9.82. The Labute approximate surface area is 248 Å². The van der Waals surface area contributed by atoms with Crippen molar-refractivity contribution in [2.75, 3.05) is 36.0 Å². The fraction of sp³-hybridized carbons (Fsp3) is 0.469. The highest BCUT2D eigenvalue weighted by atomic mass is 28.4. The quantitative estimate of drug-likeness (QED) is 0.323. The fourth-order valence-corrected chi connectivity index (χ4v) is 9.74. The molecule has 224 valence electrons. The summed E-state index contributed by atoms with van der Waals surface area (Å²) in [6.07, 6.45) is 2.18. The Hall–Kier alpha value is -3.31. The first kappa shape index (κ1) is 30.2. The van der Waals surface area contributed by atoms with Crippen molar-refractivity contribution in [3.8, 4) is 0 Å². The second kappa shape index (κ2) is 11.8. The number of ether oxygens (including phenoxy) is 1. The first-order chi connectivity index (χ1) is 20.0. The maximum Gasteiger partial charge on any atom is 0.264 e. The van der Waals surface area contributed by atoms with E-state index in [1.807, 2.05) is 68.5 Å². The van der Waals surface area contributed by atoms with Crippen LogP contribution in [0.15, 0.2) is 61.2 Å². The van der Waals surface area contributed by atoms with Gasteiger partial charge in [0.2, 0.25) is 11.8 Å². The molecule has 1 spiro atoms. The van der Waals surface area contributed by atoms with Gasteiger partial charge in [-0.15, -0.1) is 6.58 Å². The van der Waals surface area contributed by atoms with Crippen molar-refractivity contribution in [1.82, 2.24) is 4.90 Å². The van der Waals surface area contributed by atoms with Gasteiger partial charge in [-0.1, -0.05) is 43.3 Å². The molecule has 3 amide bonds. The van der Waals surface area contributed by atoms with Gasteiger partial charge in [0.1, 0.15) is 0 Å². The number of benzene rings is 2. The number of rotatable bonds is 10. The maximum absolute atomic E-state index is 14.3. The number of anilines is 2. The molecule has 2 saturated heterocycles. The van der Waals surface area contributed by atoms with Gasteiger partial charge < -0.3 is 29.3 Å². The summed E-state index contributed by atoms with van der Waals surface area (Å²) in [5.74, 6) is -0.850. The van der Waals surface area contributed by atoms with Crippen LogP contribution < -0.4 is 9.80 Å². The lowest BCUT2D eigenvalue weighted by Crippen LogP contribution is -2.46. The minimum absolute atomic E-state index is 0.0328. The van der Waals surface area contributed by atoms with Crippen LogP contribution in [0.3, 0.4) is 0 Å². The molecule has 3 aliphatic rings. The van der Waals surface area contributed by atoms with E-state index in [0.717, 1.165) is 12.0 Å². The average molecular weight is 592 g/mol. The molecule has 2 fully saturated rings. The molecular formula is C32H41N3O6Si. The van der Waals surface area contributed by atoms with Crippen LogP contribution in [0.5, 0.6) is 0 Å². The van der Waals surface area contributed by atoms with Crippen LogP contribution in [0.25, 0.3) is 0 Å². The van der Waals surface area contributed by atoms with E-state index in [1.54, 1.807) is 20.8 Å². The van der Waals surface area contributed by atoms with Crippen molar-refractivity contribution in [3.05, 3.63) is 72.3 Å². The van der Waals surface area contributed by atoms with E-state index in [0.29, 0.717) is 36.4 Å². The summed E-state index contributed by atoms with van der Waals surface area (Å²) in [5, 5.41) is 9.73. The maximum atomic E-state index is 14.3. The summed E-state index contributed by atoms with van der Waals surface area (Å²) >= 11 is 0. The molecule has 0 aliphatic carbocycles. The van der Waals surface area contributed by atoms with E-state index >= 15 is 0 Å². The molecule has 10 heteroatoms. The normalized spacial score (nSPS) is 25.4. The fourth-order valence-electron chi connectivity index (χ4n) is 7.18. The second-order valence-electron chi connectivity index (χ2n) is 12.1. The topological polar surface area (TPSA) is 111 Å². The van der Waals surface area contributed by atoms with Gasteiger partial charge in [0.05, 0.1) is 24.8 Å². The lowest BCUT2D eigenvalue weighted by molar-refractivity contribution is -0.149. The predicted octanol–water partition coefficient (Wildman–Crippen LogP) is 3.56. The Morgan fingerprint density at radius 2 is 1.95 bits per heavy atom. The van der Waals surface area contributed by atoms with Gasteiger partial charge in [-0.3, -0.25) is 14.4 Å². The third kappa shape index (κ3) is 5.21. The molecule has 0 bridgehead atoms. The third-order valence-electron chi connectivity index (χ3n) is 8.98. The van der Waals surface area contributed by atoms with Gasteiger partial charge in [0.15, 0.2) is 13.9 Å². The number of fused-ring (bicyclic) bond motifs is 2. The van der Waals surface area contributed by atoms with Crippen LogP contribution in [-0.4, -0.2) is 73.2 Å². The molecule has 0 unspecified atom stereocenters. The summed E-state index contributed by atoms with van der Waals surface area (Å²) in [4.78, 5) is 57.2. The van der Waals surface area contributed by atoms with Crippen molar-refractivity contribution in [2.45, 2.75) is 63.1 Å². The van der Waals surface area contributed by atoms with Crippen molar-refractivity contribution in [2.24, 2.45) is 5.92 Å². The van der Waals surface area contributed by atoms with Crippen molar-refractivity contribution >= 4 is 37.4 Å². The number of nitrogens with zero attached hydrogens (tertiary/aromatic N) is 3. The predicted molar refractivity (Wildman–Crippen MR) is 163 cm³/mol. The van der Waals surface area contributed by atoms with E-state index < -0.39 is 31.5 Å². The molecular weight excluding hydrogens is 550 g/mol. The molecule has 0 saturated carbocycles. The summed E-state index contributed by atoms with van der Waals surface area (Å²) in [6, 6.07) is 15.2. The number of amides is 3. The Morgan fingerprint density at radius 1 is 1.21 bits per heavy atom. The number of hydrogen-bond acceptors (Lipinski definition) is 6. The minimum Gasteiger partial charge on any atom is -0.432 e. The Balaban J connectivity index is 1.53. The van der Waals surface area contributed by atoms with E-state index in [9.17, 15) is 24.3 Å². The SMILES string of the molecule is C=CCN1C(=O)[C@@]2(O[C@@H](CC(=O)N(CCO)Cc3ccccc3)[C@H]([Si](C)(C)O)[C@H]2C)c2cc(N3CCCC3=O)ccc21. The smallest absolute Gasteiger partial charge is 0.264 e. The van der Waals surface area contributed by atoms with Crippen molar-refractivity contribution in [3.63, 3.8) is 0 Å². The van der Waals surface area contributed by atoms with Gasteiger partial charge in [0, 0.05) is 55.3 Å². The first-order valence-corrected chi connectivity index (χ1v) is 17.8. The molecule has 0 radical (unpaired) electrons. The van der Waals surface area contributed by atoms with Crippen LogP contribution in [-0.2, 0) is 31.3 Å². The largest absolute Gasteiger partial charge is 0.432 e. The monoisotopic (exact) mass is 591 g/mol. The number of aliphatic hydroxyl groups excluding tert-OH is 1. The van der Waals surface area contributed by atoms with Gasteiger partial charge in [-0.2, -0.15) is 0 Å². The molecule has 0 aromatic heterocycles. The van der Waals surface area contributed by atoms with Gasteiger partial charge >= 0.3 is 0 Å². The summed E-state index contributed by atoms with van der Waals surface area (Å²) in [6.45, 7) is 10.6. The van der Waals surface area contributed by atoms with Crippen LogP contribution in [0.1, 0.15) is 37.3 Å². The summed E-state index contributed by atoms with van der Waals surface area (Å²) in [7, 11) is -2.98. The lowest BCUT2D eigenvalue weighted by Gasteiger charge is -2.33. The van der Waals surface area contributed by atoms with E-state index in [2.05, 4.69) is 6.58 Å². The van der Waals surface area contributed by atoms with E-state index in [4.69, 9.17) is 4.74 Å². The number of carbonyl (C=O) groups excluding carboxylic acids is 3. The van der Waals surface area contributed by atoms with Crippen LogP contribution in [0.4, 0.5) is 11.4 Å². The van der Waals surface area contributed by atoms with Gasteiger partial charge in [-0.05, 0) is 43.3 Å². The Kier molecular flexibility index (Phi) is 8.44.